The average molecular weight is 528 g/mol. The summed E-state index contributed by atoms with van der Waals surface area (Å²) in [5, 5.41) is 9.78. The van der Waals surface area contributed by atoms with Crippen molar-refractivity contribution in [2.45, 2.75) is 50.4 Å². The number of benzene rings is 1. The van der Waals surface area contributed by atoms with E-state index >= 15 is 0 Å². The number of fused-ring (bicyclic) bond motifs is 2. The molecule has 1 unspecified atom stereocenters. The molecule has 4 aliphatic rings. The minimum atomic E-state index is -1.23. The normalized spacial score (nSPS) is 30.9. The fourth-order valence-corrected chi connectivity index (χ4v) is 6.45. The lowest BCUT2D eigenvalue weighted by Gasteiger charge is -2.35. The van der Waals surface area contributed by atoms with E-state index in [1.165, 1.54) is 0 Å². The quantitative estimate of drug-likeness (QED) is 0.415. The van der Waals surface area contributed by atoms with Crippen LogP contribution in [0.3, 0.4) is 0 Å². The van der Waals surface area contributed by atoms with Crippen LogP contribution >= 0.6 is 11.6 Å². The van der Waals surface area contributed by atoms with Gasteiger partial charge in [-0.2, -0.15) is 0 Å². The summed E-state index contributed by atoms with van der Waals surface area (Å²) >= 11 is 6.09. The summed E-state index contributed by atoms with van der Waals surface area (Å²) in [4.78, 5) is 47.2. The van der Waals surface area contributed by atoms with E-state index in [-0.39, 0.29) is 24.3 Å². The Morgan fingerprint density at radius 1 is 1.00 bits per heavy atom. The second kappa shape index (κ2) is 10.6. The monoisotopic (exact) mass is 527 g/mol. The van der Waals surface area contributed by atoms with Crippen molar-refractivity contribution < 1.29 is 24.2 Å². The minimum absolute atomic E-state index is 0.0803. The molecule has 0 saturated carbocycles. The van der Waals surface area contributed by atoms with Gasteiger partial charge in [-0.15, -0.1) is 0 Å². The topological polar surface area (TPSA) is 90.4 Å². The number of unbranched alkanes of at least 4 members (excludes halogenated alkanes) is 2. The van der Waals surface area contributed by atoms with Gasteiger partial charge in [0, 0.05) is 43.5 Å². The molecule has 5 atom stereocenters. The van der Waals surface area contributed by atoms with Gasteiger partial charge in [-0.3, -0.25) is 14.4 Å². The molecule has 2 saturated heterocycles. The maximum atomic E-state index is 14.2. The van der Waals surface area contributed by atoms with Crippen molar-refractivity contribution in [1.29, 1.82) is 0 Å². The number of nitrogens with zero attached hydrogens (tertiary/aromatic N) is 3. The number of halogens is 1. The van der Waals surface area contributed by atoms with Gasteiger partial charge in [0.05, 0.1) is 17.9 Å². The van der Waals surface area contributed by atoms with Gasteiger partial charge in [-0.25, -0.2) is 0 Å². The summed E-state index contributed by atoms with van der Waals surface area (Å²) in [6.07, 6.45) is 9.82. The Labute approximate surface area is 222 Å². The molecule has 5 rings (SSSR count). The SMILES string of the molecule is CCCN1CC=C[C@@H]2O[C@]34C=CCN(c5ccc(Cl)cc5)C(=O)C3N(CCCCCO)C(=O)[C@@H]4[C@@H]2C1=O. The lowest BCUT2D eigenvalue weighted by Crippen LogP contribution is -2.55. The zero-order chi connectivity index (χ0) is 26.2. The summed E-state index contributed by atoms with van der Waals surface area (Å²) in [6, 6.07) is 6.17. The van der Waals surface area contributed by atoms with Crippen molar-refractivity contribution in [3.8, 4) is 0 Å². The molecule has 1 spiro atoms. The molecular formula is C28H34ClN3O5. The summed E-state index contributed by atoms with van der Waals surface area (Å²) in [7, 11) is 0. The van der Waals surface area contributed by atoms with E-state index in [1.54, 1.807) is 39.0 Å². The molecule has 8 nitrogen and oxygen atoms in total. The van der Waals surface area contributed by atoms with Crippen LogP contribution in [-0.2, 0) is 19.1 Å². The van der Waals surface area contributed by atoms with Crippen LogP contribution in [0.15, 0.2) is 48.6 Å². The van der Waals surface area contributed by atoms with Gasteiger partial charge < -0.3 is 24.5 Å². The third kappa shape index (κ3) is 4.39. The zero-order valence-electron chi connectivity index (χ0n) is 21.1. The van der Waals surface area contributed by atoms with Crippen LogP contribution in [0.2, 0.25) is 5.02 Å². The first-order valence-electron chi connectivity index (χ1n) is 13.2. The predicted molar refractivity (Wildman–Crippen MR) is 140 cm³/mol. The van der Waals surface area contributed by atoms with Gasteiger partial charge in [0.2, 0.25) is 11.8 Å². The van der Waals surface area contributed by atoms with E-state index in [1.807, 2.05) is 31.2 Å². The van der Waals surface area contributed by atoms with Crippen molar-refractivity contribution in [2.75, 3.05) is 37.7 Å². The largest absolute Gasteiger partial charge is 0.396 e. The highest BCUT2D eigenvalue weighted by Crippen LogP contribution is 2.53. The molecule has 1 N–H and O–H groups in total. The van der Waals surface area contributed by atoms with Gasteiger partial charge in [-0.05, 0) is 49.9 Å². The van der Waals surface area contributed by atoms with Crippen LogP contribution in [-0.4, -0.2) is 83.2 Å². The van der Waals surface area contributed by atoms with Crippen LogP contribution in [0.5, 0.6) is 0 Å². The van der Waals surface area contributed by atoms with E-state index in [2.05, 4.69) is 0 Å². The molecular weight excluding hydrogens is 494 g/mol. The maximum Gasteiger partial charge on any atom is 0.253 e. The number of likely N-dealkylation sites (tertiary alicyclic amines) is 1. The molecule has 0 aliphatic carbocycles. The molecule has 2 fully saturated rings. The number of carbonyl (C=O) groups excluding carboxylic acids is 3. The molecule has 37 heavy (non-hydrogen) atoms. The first kappa shape index (κ1) is 25.9. The predicted octanol–water partition coefficient (Wildman–Crippen LogP) is 2.79. The van der Waals surface area contributed by atoms with Crippen molar-refractivity contribution in [1.82, 2.24) is 9.80 Å². The van der Waals surface area contributed by atoms with E-state index in [9.17, 15) is 19.5 Å². The number of hydrogen-bond donors (Lipinski definition) is 1. The Morgan fingerprint density at radius 2 is 1.78 bits per heavy atom. The summed E-state index contributed by atoms with van der Waals surface area (Å²) in [5.74, 6) is -1.99. The molecule has 0 bridgehead atoms. The van der Waals surface area contributed by atoms with Crippen molar-refractivity contribution in [2.24, 2.45) is 11.8 Å². The van der Waals surface area contributed by atoms with E-state index in [0.29, 0.717) is 49.7 Å². The first-order chi connectivity index (χ1) is 17.9. The first-order valence-corrected chi connectivity index (χ1v) is 13.6. The van der Waals surface area contributed by atoms with Gasteiger partial charge in [0.15, 0.2) is 0 Å². The standard InChI is InChI=1S/C28H34ClN3O5/c1-2-14-30-15-6-8-21-22(25(30)34)23-26(35)32(16-4-3-5-18-33)24-27(36)31(17-7-13-28(23,24)37-21)20-11-9-19(29)10-12-20/h6-13,21-24,33H,2-5,14-18H2,1H3/t21-,22+,23-,24?,28-/m0/s1. The van der Waals surface area contributed by atoms with Gasteiger partial charge >= 0.3 is 0 Å². The fraction of sp³-hybridized carbons (Fsp3) is 0.536. The van der Waals surface area contributed by atoms with E-state index in [0.717, 1.165) is 12.8 Å². The average Bonchev–Trinajstić information content (AvgIpc) is 3.20. The highest BCUT2D eigenvalue weighted by molar-refractivity contribution is 6.30. The van der Waals surface area contributed by atoms with Gasteiger partial charge in [-0.1, -0.05) is 42.8 Å². The molecule has 198 valence electrons. The number of hydrogen-bond acceptors (Lipinski definition) is 5. The Hall–Kier alpha value is -2.68. The molecule has 0 radical (unpaired) electrons. The van der Waals surface area contributed by atoms with E-state index < -0.39 is 29.6 Å². The molecule has 9 heteroatoms. The molecule has 0 aromatic heterocycles. The Bertz CT molecular complexity index is 1110. The molecule has 1 aromatic carbocycles. The van der Waals surface area contributed by atoms with Crippen LogP contribution < -0.4 is 4.90 Å². The van der Waals surface area contributed by atoms with Crippen LogP contribution in [0.25, 0.3) is 0 Å². The number of aliphatic hydroxyl groups is 1. The van der Waals surface area contributed by atoms with Crippen LogP contribution in [0, 0.1) is 11.8 Å². The summed E-state index contributed by atoms with van der Waals surface area (Å²) < 4.78 is 6.65. The molecule has 4 heterocycles. The van der Waals surface area contributed by atoms with Crippen LogP contribution in [0.1, 0.15) is 32.6 Å². The molecule has 1 aromatic rings. The number of anilines is 1. The second-order valence-corrected chi connectivity index (χ2v) is 10.6. The Morgan fingerprint density at radius 3 is 2.51 bits per heavy atom. The minimum Gasteiger partial charge on any atom is -0.396 e. The highest BCUT2D eigenvalue weighted by Gasteiger charge is 2.71. The highest BCUT2D eigenvalue weighted by atomic mass is 35.5. The lowest BCUT2D eigenvalue weighted by molar-refractivity contribution is -0.144. The smallest absolute Gasteiger partial charge is 0.253 e. The zero-order valence-corrected chi connectivity index (χ0v) is 21.8. The van der Waals surface area contributed by atoms with Crippen molar-refractivity contribution in [3.05, 3.63) is 53.6 Å². The van der Waals surface area contributed by atoms with Gasteiger partial charge in [0.25, 0.3) is 5.91 Å². The van der Waals surface area contributed by atoms with Gasteiger partial charge in [0.1, 0.15) is 11.6 Å². The van der Waals surface area contributed by atoms with E-state index in [4.69, 9.17) is 16.3 Å². The number of ether oxygens (including phenoxy) is 1. The Kier molecular flexibility index (Phi) is 7.43. The fourth-order valence-electron chi connectivity index (χ4n) is 6.32. The van der Waals surface area contributed by atoms with Crippen molar-refractivity contribution >= 4 is 35.0 Å². The molecule has 3 amide bonds. The third-order valence-electron chi connectivity index (χ3n) is 7.93. The molecule has 4 aliphatic heterocycles. The number of amides is 3. The second-order valence-electron chi connectivity index (χ2n) is 10.2. The number of carbonyl (C=O) groups is 3. The van der Waals surface area contributed by atoms with Crippen LogP contribution in [0.4, 0.5) is 5.69 Å². The van der Waals surface area contributed by atoms with Crippen molar-refractivity contribution in [3.63, 3.8) is 0 Å². The number of rotatable bonds is 8. The summed E-state index contributed by atoms with van der Waals surface area (Å²) in [5.41, 5.74) is -0.541. The Balaban J connectivity index is 1.55. The summed E-state index contributed by atoms with van der Waals surface area (Å²) in [6.45, 7) is 3.88. The number of aliphatic hydroxyl groups excluding tert-OH is 1. The lowest BCUT2D eigenvalue weighted by atomic mass is 9.77. The third-order valence-corrected chi connectivity index (χ3v) is 8.18. The maximum absolute atomic E-state index is 14.2.